The summed E-state index contributed by atoms with van der Waals surface area (Å²) in [7, 11) is 0. The van der Waals surface area contributed by atoms with E-state index in [0.717, 1.165) is 12.8 Å². The first-order valence-corrected chi connectivity index (χ1v) is 6.92. The van der Waals surface area contributed by atoms with Gasteiger partial charge in [0.25, 0.3) is 0 Å². The Labute approximate surface area is 108 Å². The molecule has 1 saturated carbocycles. The Kier molecular flexibility index (Phi) is 4.04. The summed E-state index contributed by atoms with van der Waals surface area (Å²) in [6, 6.07) is 0. The molecule has 100 valence electrons. The average molecular weight is 250 g/mol. The fraction of sp³-hybridized carbons (Fsp3) is 0.714. The van der Waals surface area contributed by atoms with E-state index in [1.54, 1.807) is 0 Å². The van der Waals surface area contributed by atoms with Gasteiger partial charge in [0.15, 0.2) is 0 Å². The van der Waals surface area contributed by atoms with E-state index in [2.05, 4.69) is 22.8 Å². The summed E-state index contributed by atoms with van der Waals surface area (Å²) in [5, 5.41) is 5.75. The second-order valence-electron chi connectivity index (χ2n) is 5.13. The normalized spacial score (nSPS) is 33.2. The zero-order valence-corrected chi connectivity index (χ0v) is 11.1. The number of hydrogen-bond donors (Lipinski definition) is 2. The molecule has 2 N–H and O–H groups in total. The van der Waals surface area contributed by atoms with Gasteiger partial charge in [0, 0.05) is 13.1 Å². The van der Waals surface area contributed by atoms with E-state index in [9.17, 15) is 9.59 Å². The predicted octanol–water partition coefficient (Wildman–Crippen LogP) is 1.09. The number of carbonyl (C=O) groups excluding carboxylic acids is 2. The molecule has 2 bridgehead atoms. The van der Waals surface area contributed by atoms with Crippen molar-refractivity contribution >= 4 is 11.8 Å². The third-order valence-electron chi connectivity index (χ3n) is 4.06. The van der Waals surface area contributed by atoms with Gasteiger partial charge >= 0.3 is 0 Å². The molecule has 0 radical (unpaired) electrons. The van der Waals surface area contributed by atoms with E-state index in [-0.39, 0.29) is 35.5 Å². The zero-order valence-electron chi connectivity index (χ0n) is 11.1. The number of allylic oxidation sites excluding steroid dienone is 2. The Bertz CT molecular complexity index is 331. The smallest absolute Gasteiger partial charge is 0.224 e. The van der Waals surface area contributed by atoms with E-state index in [1.807, 2.05) is 13.8 Å². The topological polar surface area (TPSA) is 58.2 Å². The van der Waals surface area contributed by atoms with Crippen LogP contribution >= 0.6 is 0 Å². The van der Waals surface area contributed by atoms with Crippen molar-refractivity contribution < 1.29 is 9.59 Å². The van der Waals surface area contributed by atoms with Gasteiger partial charge in [-0.2, -0.15) is 0 Å². The second-order valence-corrected chi connectivity index (χ2v) is 5.13. The third kappa shape index (κ3) is 2.28. The molecule has 0 saturated heterocycles. The molecule has 0 aromatic heterocycles. The lowest BCUT2D eigenvalue weighted by Crippen LogP contribution is -2.51. The van der Waals surface area contributed by atoms with Crippen molar-refractivity contribution in [2.24, 2.45) is 23.7 Å². The fourth-order valence-electron chi connectivity index (χ4n) is 3.29. The molecule has 0 heterocycles. The number of amides is 2. The van der Waals surface area contributed by atoms with Crippen molar-refractivity contribution in [2.75, 3.05) is 13.1 Å². The van der Waals surface area contributed by atoms with Crippen LogP contribution in [0.3, 0.4) is 0 Å². The van der Waals surface area contributed by atoms with Crippen molar-refractivity contribution in [3.8, 4) is 0 Å². The van der Waals surface area contributed by atoms with Gasteiger partial charge < -0.3 is 10.6 Å². The minimum atomic E-state index is -0.180. The Morgan fingerprint density at radius 3 is 1.61 bits per heavy atom. The number of nitrogens with one attached hydrogen (secondary N) is 2. The van der Waals surface area contributed by atoms with Crippen LogP contribution in [-0.2, 0) is 9.59 Å². The molecule has 4 nitrogen and oxygen atoms in total. The highest BCUT2D eigenvalue weighted by atomic mass is 16.2. The second kappa shape index (κ2) is 5.55. The molecular formula is C14H22N2O2. The van der Waals surface area contributed by atoms with Gasteiger partial charge in [-0.3, -0.25) is 9.59 Å². The summed E-state index contributed by atoms with van der Waals surface area (Å²) >= 11 is 0. The highest BCUT2D eigenvalue weighted by Crippen LogP contribution is 2.44. The van der Waals surface area contributed by atoms with E-state index in [4.69, 9.17) is 0 Å². The predicted molar refractivity (Wildman–Crippen MR) is 69.7 cm³/mol. The molecule has 0 aromatic carbocycles. The molecule has 4 heteroatoms. The maximum atomic E-state index is 12.2. The van der Waals surface area contributed by atoms with Crippen LogP contribution in [0.15, 0.2) is 12.2 Å². The monoisotopic (exact) mass is 250 g/mol. The van der Waals surface area contributed by atoms with Gasteiger partial charge in [-0.05, 0) is 38.5 Å². The average Bonchev–Trinajstić information content (AvgIpc) is 2.39. The van der Waals surface area contributed by atoms with Gasteiger partial charge in [-0.1, -0.05) is 12.2 Å². The molecule has 4 unspecified atom stereocenters. The van der Waals surface area contributed by atoms with Gasteiger partial charge in [-0.25, -0.2) is 0 Å². The Morgan fingerprint density at radius 2 is 1.33 bits per heavy atom. The van der Waals surface area contributed by atoms with Crippen molar-refractivity contribution in [3.05, 3.63) is 12.2 Å². The fourth-order valence-corrected chi connectivity index (χ4v) is 3.29. The van der Waals surface area contributed by atoms with Crippen LogP contribution in [-0.4, -0.2) is 24.9 Å². The number of hydrogen-bond acceptors (Lipinski definition) is 2. The van der Waals surface area contributed by atoms with Crippen molar-refractivity contribution in [2.45, 2.75) is 26.7 Å². The van der Waals surface area contributed by atoms with Crippen LogP contribution < -0.4 is 10.6 Å². The molecule has 18 heavy (non-hydrogen) atoms. The summed E-state index contributed by atoms with van der Waals surface area (Å²) in [6.07, 6.45) is 6.31. The molecule has 3 aliphatic carbocycles. The molecule has 3 aliphatic rings. The van der Waals surface area contributed by atoms with Gasteiger partial charge in [0.1, 0.15) is 0 Å². The van der Waals surface area contributed by atoms with Gasteiger partial charge in [0.2, 0.25) is 11.8 Å². The molecule has 0 aliphatic heterocycles. The number of fused-ring (bicyclic) bond motifs is 2. The van der Waals surface area contributed by atoms with Crippen LogP contribution in [0.1, 0.15) is 26.7 Å². The van der Waals surface area contributed by atoms with Crippen molar-refractivity contribution in [1.29, 1.82) is 0 Å². The van der Waals surface area contributed by atoms with E-state index >= 15 is 0 Å². The third-order valence-corrected chi connectivity index (χ3v) is 4.06. The number of rotatable bonds is 4. The van der Waals surface area contributed by atoms with Gasteiger partial charge in [-0.15, -0.1) is 0 Å². The highest BCUT2D eigenvalue weighted by Gasteiger charge is 2.47. The minimum Gasteiger partial charge on any atom is -0.356 e. The largest absolute Gasteiger partial charge is 0.356 e. The van der Waals surface area contributed by atoms with E-state index in [0.29, 0.717) is 13.1 Å². The molecular weight excluding hydrogens is 228 g/mol. The van der Waals surface area contributed by atoms with Crippen LogP contribution in [0.4, 0.5) is 0 Å². The van der Waals surface area contributed by atoms with E-state index < -0.39 is 0 Å². The quantitative estimate of drug-likeness (QED) is 0.734. The Morgan fingerprint density at radius 1 is 0.944 bits per heavy atom. The minimum absolute atomic E-state index is 0.0350. The van der Waals surface area contributed by atoms with Crippen LogP contribution in [0.5, 0.6) is 0 Å². The molecule has 1 fully saturated rings. The first kappa shape index (κ1) is 13.1. The molecule has 0 aromatic rings. The zero-order chi connectivity index (χ0) is 13.1. The standard InChI is InChI=1S/C14H22N2O2/c1-3-15-13(17)11-9-5-7-10(8-6-9)12(11)14(18)16-4-2/h5,7,9-12H,3-4,6,8H2,1-2H3,(H,15,17)(H,16,18). The molecule has 4 atom stereocenters. The lowest BCUT2D eigenvalue weighted by atomic mass is 9.61. The SMILES string of the molecule is CCNC(=O)C1C2C=CC(CC2)C1C(=O)NCC. The van der Waals surface area contributed by atoms with Crippen LogP contribution in [0.25, 0.3) is 0 Å². The molecule has 0 spiro atoms. The Balaban J connectivity index is 2.20. The first-order valence-electron chi connectivity index (χ1n) is 6.92. The molecule has 2 amide bonds. The number of carbonyl (C=O) groups is 2. The van der Waals surface area contributed by atoms with Crippen LogP contribution in [0, 0.1) is 23.7 Å². The van der Waals surface area contributed by atoms with Crippen molar-refractivity contribution in [1.82, 2.24) is 10.6 Å². The lowest BCUT2D eigenvalue weighted by molar-refractivity contribution is -0.140. The summed E-state index contributed by atoms with van der Waals surface area (Å²) in [6.45, 7) is 5.07. The highest BCUT2D eigenvalue weighted by molar-refractivity contribution is 5.89. The summed E-state index contributed by atoms with van der Waals surface area (Å²) in [4.78, 5) is 24.4. The Hall–Kier alpha value is -1.32. The maximum absolute atomic E-state index is 12.2. The lowest BCUT2D eigenvalue weighted by Gasteiger charge is -2.43. The summed E-state index contributed by atoms with van der Waals surface area (Å²) in [5.41, 5.74) is 0. The summed E-state index contributed by atoms with van der Waals surface area (Å²) in [5.74, 6) is 0.171. The van der Waals surface area contributed by atoms with Crippen LogP contribution in [0.2, 0.25) is 0 Å². The summed E-state index contributed by atoms with van der Waals surface area (Å²) < 4.78 is 0. The van der Waals surface area contributed by atoms with Crippen molar-refractivity contribution in [3.63, 3.8) is 0 Å². The first-order chi connectivity index (χ1) is 8.69. The molecule has 3 rings (SSSR count). The van der Waals surface area contributed by atoms with Gasteiger partial charge in [0.05, 0.1) is 11.8 Å². The maximum Gasteiger partial charge on any atom is 0.224 e. The van der Waals surface area contributed by atoms with E-state index in [1.165, 1.54) is 0 Å².